The highest BCUT2D eigenvalue weighted by Gasteiger charge is 2.12. The van der Waals surface area contributed by atoms with Gasteiger partial charge in [-0.3, -0.25) is 0 Å². The van der Waals surface area contributed by atoms with Gasteiger partial charge < -0.3 is 5.73 Å². The van der Waals surface area contributed by atoms with Crippen molar-refractivity contribution in [2.45, 2.75) is 10.6 Å². The van der Waals surface area contributed by atoms with Gasteiger partial charge in [-0.05, 0) is 23.8 Å². The lowest BCUT2D eigenvalue weighted by atomic mass is 10.1. The molecule has 2 rings (SSSR count). The standard InChI is InChI=1S/C14H10F2N2S/c15-12-5-11(18)6-13(16)14(12)19-8-10-4-2-1-3-9(10)7-17/h1-6H,8,18H2. The molecule has 2 aromatic carbocycles. The molecule has 2 N–H and O–H groups in total. The fourth-order valence-corrected chi connectivity index (χ4v) is 2.57. The van der Waals surface area contributed by atoms with Gasteiger partial charge in [-0.2, -0.15) is 5.26 Å². The Morgan fingerprint density at radius 3 is 2.42 bits per heavy atom. The monoisotopic (exact) mass is 276 g/mol. The molecular formula is C14H10F2N2S. The van der Waals surface area contributed by atoms with Crippen molar-refractivity contribution < 1.29 is 8.78 Å². The third kappa shape index (κ3) is 3.04. The molecule has 0 fully saturated rings. The van der Waals surface area contributed by atoms with E-state index in [-0.39, 0.29) is 10.6 Å². The van der Waals surface area contributed by atoms with Crippen molar-refractivity contribution in [3.05, 3.63) is 59.2 Å². The number of benzene rings is 2. The fraction of sp³-hybridized carbons (Fsp3) is 0.0714. The van der Waals surface area contributed by atoms with Gasteiger partial charge in [0.15, 0.2) is 0 Å². The number of nitriles is 1. The Balaban J connectivity index is 2.22. The zero-order valence-electron chi connectivity index (χ0n) is 9.86. The van der Waals surface area contributed by atoms with Crippen LogP contribution in [0.3, 0.4) is 0 Å². The Labute approximate surface area is 113 Å². The molecule has 5 heteroatoms. The predicted octanol–water partition coefficient (Wildman–Crippen LogP) is 3.71. The Morgan fingerprint density at radius 2 is 1.79 bits per heavy atom. The highest BCUT2D eigenvalue weighted by atomic mass is 32.2. The van der Waals surface area contributed by atoms with Crippen molar-refractivity contribution in [2.24, 2.45) is 0 Å². The second-order valence-electron chi connectivity index (χ2n) is 3.87. The van der Waals surface area contributed by atoms with Crippen LogP contribution in [0.15, 0.2) is 41.3 Å². The normalized spacial score (nSPS) is 10.2. The molecule has 0 heterocycles. The second-order valence-corrected chi connectivity index (χ2v) is 4.86. The van der Waals surface area contributed by atoms with E-state index in [2.05, 4.69) is 0 Å². The van der Waals surface area contributed by atoms with Crippen LogP contribution in [0.5, 0.6) is 0 Å². The van der Waals surface area contributed by atoms with Crippen molar-refractivity contribution in [3.8, 4) is 6.07 Å². The smallest absolute Gasteiger partial charge is 0.141 e. The molecule has 0 bridgehead atoms. The number of nitrogens with zero attached hydrogens (tertiary/aromatic N) is 1. The molecule has 0 aromatic heterocycles. The Bertz CT molecular complexity index is 627. The maximum Gasteiger partial charge on any atom is 0.141 e. The summed E-state index contributed by atoms with van der Waals surface area (Å²) >= 11 is 1.01. The van der Waals surface area contributed by atoms with E-state index in [1.165, 1.54) is 0 Å². The summed E-state index contributed by atoms with van der Waals surface area (Å²) in [5.74, 6) is -1.05. The van der Waals surface area contributed by atoms with Crippen LogP contribution in [0, 0.1) is 23.0 Å². The molecule has 0 atom stereocenters. The van der Waals surface area contributed by atoms with E-state index in [0.29, 0.717) is 11.3 Å². The second kappa shape index (κ2) is 5.72. The topological polar surface area (TPSA) is 49.8 Å². The predicted molar refractivity (Wildman–Crippen MR) is 71.5 cm³/mol. The fourth-order valence-electron chi connectivity index (χ4n) is 1.62. The molecule has 0 aliphatic carbocycles. The van der Waals surface area contributed by atoms with Crippen LogP contribution in [-0.4, -0.2) is 0 Å². The number of anilines is 1. The summed E-state index contributed by atoms with van der Waals surface area (Å²) in [6.07, 6.45) is 0. The van der Waals surface area contributed by atoms with Crippen molar-refractivity contribution in [2.75, 3.05) is 5.73 Å². The maximum atomic E-state index is 13.6. The summed E-state index contributed by atoms with van der Waals surface area (Å²) in [4.78, 5) is -0.0815. The number of hydrogen-bond donors (Lipinski definition) is 1. The Hall–Kier alpha value is -2.06. The van der Waals surface area contributed by atoms with Gasteiger partial charge in [0, 0.05) is 11.4 Å². The first-order valence-corrected chi connectivity index (χ1v) is 6.45. The van der Waals surface area contributed by atoms with E-state index in [1.807, 2.05) is 6.07 Å². The minimum atomic E-state index is -0.683. The third-order valence-corrected chi connectivity index (χ3v) is 3.66. The van der Waals surface area contributed by atoms with Gasteiger partial charge in [0.1, 0.15) is 11.6 Å². The zero-order chi connectivity index (χ0) is 13.8. The Morgan fingerprint density at radius 1 is 1.16 bits per heavy atom. The first-order valence-electron chi connectivity index (χ1n) is 5.47. The molecule has 0 spiro atoms. The summed E-state index contributed by atoms with van der Waals surface area (Å²) < 4.78 is 27.2. The minimum absolute atomic E-state index is 0.0526. The van der Waals surface area contributed by atoms with E-state index < -0.39 is 11.6 Å². The van der Waals surface area contributed by atoms with Gasteiger partial charge >= 0.3 is 0 Å². The van der Waals surface area contributed by atoms with Gasteiger partial charge in [-0.15, -0.1) is 11.8 Å². The number of halogens is 2. The molecule has 0 radical (unpaired) electrons. The minimum Gasteiger partial charge on any atom is -0.399 e. The van der Waals surface area contributed by atoms with E-state index in [9.17, 15) is 8.78 Å². The first-order chi connectivity index (χ1) is 9.11. The molecule has 96 valence electrons. The van der Waals surface area contributed by atoms with E-state index in [1.54, 1.807) is 24.3 Å². The number of nitrogens with two attached hydrogens (primary N) is 1. The van der Waals surface area contributed by atoms with Crippen LogP contribution in [0.4, 0.5) is 14.5 Å². The average Bonchev–Trinajstić information content (AvgIpc) is 2.38. The number of hydrogen-bond acceptors (Lipinski definition) is 3. The van der Waals surface area contributed by atoms with E-state index >= 15 is 0 Å². The summed E-state index contributed by atoms with van der Waals surface area (Å²) in [7, 11) is 0. The summed E-state index contributed by atoms with van der Waals surface area (Å²) in [5, 5.41) is 8.94. The van der Waals surface area contributed by atoms with Crippen LogP contribution in [0.25, 0.3) is 0 Å². The molecule has 2 aromatic rings. The lowest BCUT2D eigenvalue weighted by molar-refractivity contribution is 0.542. The quantitative estimate of drug-likeness (QED) is 0.686. The molecule has 0 saturated heterocycles. The summed E-state index contributed by atoms with van der Waals surface area (Å²) in [6.45, 7) is 0. The molecule has 19 heavy (non-hydrogen) atoms. The molecule has 0 amide bonds. The number of rotatable bonds is 3. The molecular weight excluding hydrogens is 266 g/mol. The van der Waals surface area contributed by atoms with Crippen LogP contribution >= 0.6 is 11.8 Å². The molecule has 0 aliphatic heterocycles. The van der Waals surface area contributed by atoms with E-state index in [4.69, 9.17) is 11.0 Å². The highest BCUT2D eigenvalue weighted by Crippen LogP contribution is 2.30. The number of nitrogen functional groups attached to an aromatic ring is 1. The van der Waals surface area contributed by atoms with Gasteiger partial charge in [-0.25, -0.2) is 8.78 Å². The van der Waals surface area contributed by atoms with Gasteiger partial charge in [0.05, 0.1) is 16.5 Å². The first kappa shape index (κ1) is 13.4. The lowest BCUT2D eigenvalue weighted by Gasteiger charge is -2.07. The average molecular weight is 276 g/mol. The van der Waals surface area contributed by atoms with Crippen molar-refractivity contribution in [1.29, 1.82) is 5.26 Å². The number of thioether (sulfide) groups is 1. The molecule has 2 nitrogen and oxygen atoms in total. The SMILES string of the molecule is N#Cc1ccccc1CSc1c(F)cc(N)cc1F. The van der Waals surface area contributed by atoms with Crippen LogP contribution < -0.4 is 5.73 Å². The maximum absolute atomic E-state index is 13.6. The van der Waals surface area contributed by atoms with Crippen LogP contribution in [0.2, 0.25) is 0 Å². The van der Waals surface area contributed by atoms with Crippen molar-refractivity contribution in [1.82, 2.24) is 0 Å². The zero-order valence-corrected chi connectivity index (χ0v) is 10.7. The van der Waals surface area contributed by atoms with E-state index in [0.717, 1.165) is 29.5 Å². The highest BCUT2D eigenvalue weighted by molar-refractivity contribution is 7.98. The van der Waals surface area contributed by atoms with Gasteiger partial charge in [-0.1, -0.05) is 18.2 Å². The molecule has 0 saturated carbocycles. The van der Waals surface area contributed by atoms with Gasteiger partial charge in [0.2, 0.25) is 0 Å². The molecule has 0 unspecified atom stereocenters. The third-order valence-electron chi connectivity index (χ3n) is 2.53. The van der Waals surface area contributed by atoms with Crippen LogP contribution in [0.1, 0.15) is 11.1 Å². The lowest BCUT2D eigenvalue weighted by Crippen LogP contribution is -1.94. The van der Waals surface area contributed by atoms with Crippen molar-refractivity contribution >= 4 is 17.4 Å². The summed E-state index contributed by atoms with van der Waals surface area (Å²) in [6, 6.07) is 11.2. The van der Waals surface area contributed by atoms with Crippen LogP contribution in [-0.2, 0) is 5.75 Å². The Kier molecular flexibility index (Phi) is 4.03. The largest absolute Gasteiger partial charge is 0.399 e. The summed E-state index contributed by atoms with van der Waals surface area (Å²) in [5.41, 5.74) is 6.65. The van der Waals surface area contributed by atoms with Crippen molar-refractivity contribution in [3.63, 3.8) is 0 Å². The molecule has 0 aliphatic rings. The van der Waals surface area contributed by atoms with Gasteiger partial charge in [0.25, 0.3) is 0 Å².